The molecule has 1 aliphatic carbocycles. The Kier molecular flexibility index (Phi) is 4.91. The second kappa shape index (κ2) is 7.91. The number of fused-ring (bicyclic) bond motifs is 4. The highest BCUT2D eigenvalue weighted by atomic mass is 32.2. The molecule has 1 aliphatic heterocycles. The Morgan fingerprint density at radius 2 is 1.97 bits per heavy atom. The number of hydrogen-bond acceptors (Lipinski definition) is 7. The summed E-state index contributed by atoms with van der Waals surface area (Å²) in [5.41, 5.74) is 1.47. The lowest BCUT2D eigenvalue weighted by Gasteiger charge is -2.20. The van der Waals surface area contributed by atoms with Crippen molar-refractivity contribution in [2.45, 2.75) is 55.8 Å². The van der Waals surface area contributed by atoms with E-state index in [2.05, 4.69) is 51.0 Å². The molecule has 0 fully saturated rings. The molecular weight excluding hydrogens is 424 g/mol. The second-order valence-corrected chi connectivity index (χ2v) is 10.4. The molecule has 0 saturated heterocycles. The second-order valence-electron chi connectivity index (χ2n) is 8.25. The zero-order valence-electron chi connectivity index (χ0n) is 17.5. The van der Waals surface area contributed by atoms with Crippen LogP contribution in [0.4, 0.5) is 5.82 Å². The van der Waals surface area contributed by atoms with Crippen molar-refractivity contribution in [2.24, 2.45) is 0 Å². The van der Waals surface area contributed by atoms with E-state index >= 15 is 0 Å². The number of aromatic nitrogens is 5. The molecule has 6 nitrogen and oxygen atoms in total. The molecule has 6 rings (SSSR count). The first-order chi connectivity index (χ1) is 15.3. The van der Waals surface area contributed by atoms with Crippen LogP contribution in [0.1, 0.15) is 40.8 Å². The largest absolute Gasteiger partial charge is 0.351 e. The van der Waals surface area contributed by atoms with E-state index in [1.54, 1.807) is 11.8 Å². The van der Waals surface area contributed by atoms with Crippen LogP contribution in [0.5, 0.6) is 0 Å². The molecule has 0 unspecified atom stereocenters. The average molecular weight is 449 g/mol. The van der Waals surface area contributed by atoms with Gasteiger partial charge in [0.05, 0.1) is 17.7 Å². The van der Waals surface area contributed by atoms with Crippen LogP contribution in [0.2, 0.25) is 0 Å². The van der Waals surface area contributed by atoms with E-state index in [1.165, 1.54) is 33.6 Å². The van der Waals surface area contributed by atoms with Crippen molar-refractivity contribution in [3.8, 4) is 0 Å². The highest BCUT2D eigenvalue weighted by molar-refractivity contribution is 7.98. The van der Waals surface area contributed by atoms with Gasteiger partial charge in [-0.1, -0.05) is 18.2 Å². The van der Waals surface area contributed by atoms with Gasteiger partial charge in [0.2, 0.25) is 0 Å². The van der Waals surface area contributed by atoms with Gasteiger partial charge in [-0.2, -0.15) is 0 Å². The normalized spacial score (nSPS) is 14.9. The maximum Gasteiger partial charge on any atom is 0.152 e. The molecule has 1 aromatic carbocycles. The van der Waals surface area contributed by atoms with Crippen LogP contribution in [-0.4, -0.2) is 31.8 Å². The Bertz CT molecular complexity index is 1250. The van der Waals surface area contributed by atoms with E-state index < -0.39 is 0 Å². The minimum absolute atomic E-state index is 0.717. The molecule has 0 bridgehead atoms. The van der Waals surface area contributed by atoms with Crippen molar-refractivity contribution in [1.82, 2.24) is 24.7 Å². The first-order valence-electron chi connectivity index (χ1n) is 10.9. The molecule has 2 aliphatic rings. The third-order valence-electron chi connectivity index (χ3n) is 6.13. The van der Waals surface area contributed by atoms with Gasteiger partial charge in [0.25, 0.3) is 0 Å². The smallest absolute Gasteiger partial charge is 0.152 e. The molecule has 31 heavy (non-hydrogen) atoms. The number of aryl methyl sites for hydroxylation is 3. The van der Waals surface area contributed by atoms with Gasteiger partial charge in [0, 0.05) is 29.8 Å². The van der Waals surface area contributed by atoms with Gasteiger partial charge in [-0.05, 0) is 43.4 Å². The van der Waals surface area contributed by atoms with Gasteiger partial charge < -0.3 is 9.47 Å². The average Bonchev–Trinajstić information content (AvgIpc) is 3.55. The Labute approximate surface area is 189 Å². The molecule has 0 spiro atoms. The van der Waals surface area contributed by atoms with Crippen LogP contribution in [0.15, 0.2) is 35.2 Å². The third kappa shape index (κ3) is 3.51. The number of benzene rings is 1. The molecule has 158 valence electrons. The molecule has 4 aromatic rings. The predicted molar refractivity (Wildman–Crippen MR) is 126 cm³/mol. The van der Waals surface area contributed by atoms with Gasteiger partial charge in [-0.25, -0.2) is 9.97 Å². The highest BCUT2D eigenvalue weighted by Gasteiger charge is 2.25. The maximum absolute atomic E-state index is 5.08. The van der Waals surface area contributed by atoms with Crippen LogP contribution >= 0.6 is 23.1 Å². The summed E-state index contributed by atoms with van der Waals surface area (Å²) < 4.78 is 2.28. The molecule has 8 heteroatoms. The highest BCUT2D eigenvalue weighted by Crippen LogP contribution is 2.41. The monoisotopic (exact) mass is 448 g/mol. The first kappa shape index (κ1) is 19.3. The van der Waals surface area contributed by atoms with Gasteiger partial charge in [0.1, 0.15) is 22.3 Å². The van der Waals surface area contributed by atoms with Crippen LogP contribution in [0.25, 0.3) is 10.2 Å². The van der Waals surface area contributed by atoms with Gasteiger partial charge >= 0.3 is 0 Å². The van der Waals surface area contributed by atoms with E-state index in [4.69, 9.17) is 9.97 Å². The third-order valence-corrected chi connectivity index (χ3v) is 8.32. The lowest BCUT2D eigenvalue weighted by molar-refractivity contribution is 0.674. The molecule has 0 N–H and O–H groups in total. The standard InChI is InChI=1S/C23H24N6S2/c1-28(13-20-27-26-19-11-6-12-29(19)20)22-21-16-9-5-10-17(16)31-23(21)25-18(24-22)14-30-15-7-3-2-4-8-15/h2-4,7-8H,5-6,9-14H2,1H3. The number of hydrogen-bond donors (Lipinski definition) is 0. The number of thioether (sulfide) groups is 1. The lowest BCUT2D eigenvalue weighted by atomic mass is 10.2. The van der Waals surface area contributed by atoms with Crippen molar-refractivity contribution in [3.05, 3.63) is 58.2 Å². The Balaban J connectivity index is 1.36. The fraction of sp³-hybridized carbons (Fsp3) is 0.391. The van der Waals surface area contributed by atoms with E-state index in [-0.39, 0.29) is 0 Å². The number of nitrogens with zero attached hydrogens (tertiary/aromatic N) is 6. The molecule has 0 radical (unpaired) electrons. The van der Waals surface area contributed by atoms with Crippen molar-refractivity contribution in [1.29, 1.82) is 0 Å². The van der Waals surface area contributed by atoms with Crippen LogP contribution < -0.4 is 4.90 Å². The lowest BCUT2D eigenvalue weighted by Crippen LogP contribution is -2.21. The van der Waals surface area contributed by atoms with Crippen LogP contribution in [0, 0.1) is 0 Å². The Hall–Kier alpha value is -2.45. The van der Waals surface area contributed by atoms with Gasteiger partial charge in [0.15, 0.2) is 5.82 Å². The van der Waals surface area contributed by atoms with Crippen molar-refractivity contribution in [3.63, 3.8) is 0 Å². The SMILES string of the molecule is CN(Cc1nnc2n1CCC2)c1nc(CSc2ccccc2)nc2sc3c(c12)CCC3. The van der Waals surface area contributed by atoms with Crippen molar-refractivity contribution >= 4 is 39.1 Å². The summed E-state index contributed by atoms with van der Waals surface area (Å²) in [5.74, 6) is 4.86. The summed E-state index contributed by atoms with van der Waals surface area (Å²) in [7, 11) is 2.13. The fourth-order valence-electron chi connectivity index (χ4n) is 4.64. The number of anilines is 1. The fourth-order valence-corrected chi connectivity index (χ4v) is 6.69. The quantitative estimate of drug-likeness (QED) is 0.400. The van der Waals surface area contributed by atoms with E-state index in [9.17, 15) is 0 Å². The van der Waals surface area contributed by atoms with E-state index in [0.717, 1.165) is 66.2 Å². The molecule has 0 saturated carbocycles. The Morgan fingerprint density at radius 1 is 1.06 bits per heavy atom. The molecule has 0 amide bonds. The summed E-state index contributed by atoms with van der Waals surface area (Å²) in [4.78, 5) is 16.2. The minimum Gasteiger partial charge on any atom is -0.351 e. The summed E-state index contributed by atoms with van der Waals surface area (Å²) >= 11 is 3.65. The zero-order chi connectivity index (χ0) is 20.8. The van der Waals surface area contributed by atoms with Crippen molar-refractivity contribution in [2.75, 3.05) is 11.9 Å². The summed E-state index contributed by atoms with van der Waals surface area (Å²) in [6, 6.07) is 10.5. The zero-order valence-corrected chi connectivity index (χ0v) is 19.2. The first-order valence-corrected chi connectivity index (χ1v) is 12.7. The molecule has 4 heterocycles. The number of thiophene rings is 1. The van der Waals surface area contributed by atoms with E-state index in [0.29, 0.717) is 0 Å². The van der Waals surface area contributed by atoms with Crippen LogP contribution in [0.3, 0.4) is 0 Å². The Morgan fingerprint density at radius 3 is 2.87 bits per heavy atom. The topological polar surface area (TPSA) is 59.7 Å². The molecule has 3 aromatic heterocycles. The maximum atomic E-state index is 5.08. The minimum atomic E-state index is 0.717. The number of rotatable bonds is 6. The predicted octanol–water partition coefficient (Wildman–Crippen LogP) is 4.65. The summed E-state index contributed by atoms with van der Waals surface area (Å²) in [6.45, 7) is 1.74. The van der Waals surface area contributed by atoms with Gasteiger partial charge in [-0.15, -0.1) is 33.3 Å². The summed E-state index contributed by atoms with van der Waals surface area (Å²) in [6.07, 6.45) is 5.75. The molecule has 0 atom stereocenters. The van der Waals surface area contributed by atoms with Crippen molar-refractivity contribution < 1.29 is 0 Å². The molecular formula is C23H24N6S2. The van der Waals surface area contributed by atoms with Crippen LogP contribution in [-0.2, 0) is 38.1 Å². The van der Waals surface area contributed by atoms with Gasteiger partial charge in [-0.3, -0.25) is 0 Å². The summed E-state index contributed by atoms with van der Waals surface area (Å²) in [5, 5.41) is 10.1. The van der Waals surface area contributed by atoms with E-state index in [1.807, 2.05) is 17.4 Å².